The lowest BCUT2D eigenvalue weighted by molar-refractivity contribution is -0.137. The minimum absolute atomic E-state index is 0.0418. The van der Waals surface area contributed by atoms with Crippen molar-refractivity contribution < 1.29 is 9.53 Å². The SMILES string of the molecule is CCOC(=O)C1=C(C(C)(C)C)SCCS1. The summed E-state index contributed by atoms with van der Waals surface area (Å²) in [6.07, 6.45) is 0. The zero-order chi connectivity index (χ0) is 11.5. The maximum absolute atomic E-state index is 11.7. The first-order valence-corrected chi connectivity index (χ1v) is 7.11. The smallest absolute Gasteiger partial charge is 0.345 e. The Morgan fingerprint density at radius 2 is 1.93 bits per heavy atom. The van der Waals surface area contributed by atoms with E-state index in [9.17, 15) is 4.79 Å². The monoisotopic (exact) mass is 246 g/mol. The Balaban J connectivity index is 2.96. The molecule has 0 fully saturated rings. The third kappa shape index (κ3) is 3.45. The molecule has 1 aliphatic heterocycles. The maximum atomic E-state index is 11.7. The molecule has 0 bridgehead atoms. The van der Waals surface area contributed by atoms with Gasteiger partial charge in [-0.15, -0.1) is 23.5 Å². The Labute approximate surface area is 100 Å². The molecule has 15 heavy (non-hydrogen) atoms. The molecule has 0 saturated carbocycles. The van der Waals surface area contributed by atoms with Gasteiger partial charge in [0.05, 0.1) is 6.61 Å². The van der Waals surface area contributed by atoms with Gasteiger partial charge < -0.3 is 4.74 Å². The molecule has 0 aromatic heterocycles. The van der Waals surface area contributed by atoms with Crippen molar-refractivity contribution in [2.75, 3.05) is 18.1 Å². The van der Waals surface area contributed by atoms with Crippen molar-refractivity contribution in [1.82, 2.24) is 0 Å². The summed E-state index contributed by atoms with van der Waals surface area (Å²) in [5.41, 5.74) is 0.0418. The molecular weight excluding hydrogens is 228 g/mol. The predicted molar refractivity (Wildman–Crippen MR) is 68.0 cm³/mol. The van der Waals surface area contributed by atoms with Gasteiger partial charge in [0.15, 0.2) is 0 Å². The number of ether oxygens (including phenoxy) is 1. The topological polar surface area (TPSA) is 26.3 Å². The van der Waals surface area contributed by atoms with Crippen molar-refractivity contribution in [2.45, 2.75) is 27.7 Å². The second kappa shape index (κ2) is 5.30. The molecule has 0 amide bonds. The normalized spacial score (nSPS) is 17.9. The first-order chi connectivity index (χ1) is 6.96. The molecule has 1 aliphatic rings. The summed E-state index contributed by atoms with van der Waals surface area (Å²) in [6.45, 7) is 8.71. The summed E-state index contributed by atoms with van der Waals surface area (Å²) in [5, 5.41) is 0. The van der Waals surface area contributed by atoms with Gasteiger partial charge in [0.2, 0.25) is 0 Å². The van der Waals surface area contributed by atoms with Crippen molar-refractivity contribution >= 4 is 29.5 Å². The van der Waals surface area contributed by atoms with E-state index in [1.807, 2.05) is 6.92 Å². The first kappa shape index (κ1) is 13.0. The highest BCUT2D eigenvalue weighted by molar-refractivity contribution is 8.10. The first-order valence-electron chi connectivity index (χ1n) is 5.14. The van der Waals surface area contributed by atoms with Crippen LogP contribution < -0.4 is 0 Å². The third-order valence-electron chi connectivity index (χ3n) is 1.92. The average Bonchev–Trinajstić information content (AvgIpc) is 2.17. The van der Waals surface area contributed by atoms with Crippen molar-refractivity contribution in [2.24, 2.45) is 5.41 Å². The number of carbonyl (C=O) groups excluding carboxylic acids is 1. The molecule has 0 spiro atoms. The van der Waals surface area contributed by atoms with Crippen LogP contribution in [0.1, 0.15) is 27.7 Å². The zero-order valence-electron chi connectivity index (χ0n) is 9.75. The van der Waals surface area contributed by atoms with Gasteiger partial charge in [-0.25, -0.2) is 4.79 Å². The Morgan fingerprint density at radius 1 is 1.33 bits per heavy atom. The average molecular weight is 246 g/mol. The fraction of sp³-hybridized carbons (Fsp3) is 0.727. The van der Waals surface area contributed by atoms with Gasteiger partial charge in [-0.1, -0.05) is 20.8 Å². The number of rotatable bonds is 2. The van der Waals surface area contributed by atoms with E-state index in [-0.39, 0.29) is 11.4 Å². The highest BCUT2D eigenvalue weighted by Gasteiger charge is 2.29. The molecule has 4 heteroatoms. The van der Waals surface area contributed by atoms with Gasteiger partial charge in [-0.2, -0.15) is 0 Å². The predicted octanol–water partition coefficient (Wildman–Crippen LogP) is 3.29. The fourth-order valence-corrected chi connectivity index (χ4v) is 4.01. The summed E-state index contributed by atoms with van der Waals surface area (Å²) < 4.78 is 5.08. The van der Waals surface area contributed by atoms with Crippen molar-refractivity contribution in [3.05, 3.63) is 9.81 Å². The molecule has 0 atom stereocenters. The Morgan fingerprint density at radius 3 is 2.47 bits per heavy atom. The van der Waals surface area contributed by atoms with Crippen LogP contribution in [0.2, 0.25) is 0 Å². The van der Waals surface area contributed by atoms with Crippen LogP contribution in [0.4, 0.5) is 0 Å². The highest BCUT2D eigenvalue weighted by atomic mass is 32.2. The minimum atomic E-state index is -0.153. The van der Waals surface area contributed by atoms with E-state index >= 15 is 0 Å². The van der Waals surface area contributed by atoms with Crippen molar-refractivity contribution in [1.29, 1.82) is 0 Å². The van der Waals surface area contributed by atoms with Gasteiger partial charge in [0.25, 0.3) is 0 Å². The molecule has 1 heterocycles. The molecule has 0 radical (unpaired) electrons. The molecule has 86 valence electrons. The van der Waals surface area contributed by atoms with Gasteiger partial charge in [0, 0.05) is 16.4 Å². The van der Waals surface area contributed by atoms with Crippen LogP contribution in [0.3, 0.4) is 0 Å². The molecule has 0 saturated heterocycles. The Bertz CT molecular complexity index is 277. The van der Waals surface area contributed by atoms with Crippen LogP contribution in [0.25, 0.3) is 0 Å². The zero-order valence-corrected chi connectivity index (χ0v) is 11.4. The lowest BCUT2D eigenvalue weighted by atomic mass is 9.95. The van der Waals surface area contributed by atoms with Crippen LogP contribution in [0.15, 0.2) is 9.81 Å². The lowest BCUT2D eigenvalue weighted by Gasteiger charge is -2.28. The molecule has 0 aromatic carbocycles. The third-order valence-corrected chi connectivity index (χ3v) is 4.89. The van der Waals surface area contributed by atoms with Gasteiger partial charge in [-0.05, 0) is 12.3 Å². The standard InChI is InChI=1S/C11H18O2S2/c1-5-13-10(12)8-9(11(2,3)4)15-7-6-14-8/h5-7H2,1-4H3. The van der Waals surface area contributed by atoms with Crippen LogP contribution in [0, 0.1) is 5.41 Å². The van der Waals surface area contributed by atoms with E-state index in [0.717, 1.165) is 16.4 Å². The number of hydrogen-bond donors (Lipinski definition) is 0. The van der Waals surface area contributed by atoms with Crippen LogP contribution in [-0.4, -0.2) is 24.1 Å². The molecule has 0 aliphatic carbocycles. The van der Waals surface area contributed by atoms with E-state index in [4.69, 9.17) is 4.74 Å². The second-order valence-electron chi connectivity index (χ2n) is 4.33. The molecule has 2 nitrogen and oxygen atoms in total. The van der Waals surface area contributed by atoms with Crippen molar-refractivity contribution in [3.8, 4) is 0 Å². The van der Waals surface area contributed by atoms with E-state index in [2.05, 4.69) is 20.8 Å². The van der Waals surface area contributed by atoms with Crippen molar-refractivity contribution in [3.63, 3.8) is 0 Å². The summed E-state index contributed by atoms with van der Waals surface area (Å²) in [5.74, 6) is 1.93. The lowest BCUT2D eigenvalue weighted by Crippen LogP contribution is -2.18. The fourth-order valence-electron chi connectivity index (χ4n) is 1.32. The molecule has 0 N–H and O–H groups in total. The van der Waals surface area contributed by atoms with Gasteiger partial charge in [0.1, 0.15) is 4.91 Å². The summed E-state index contributed by atoms with van der Waals surface area (Å²) in [7, 11) is 0. The largest absolute Gasteiger partial charge is 0.462 e. The number of hydrogen-bond acceptors (Lipinski definition) is 4. The van der Waals surface area contributed by atoms with Crippen LogP contribution >= 0.6 is 23.5 Å². The van der Waals surface area contributed by atoms with E-state index in [1.54, 1.807) is 23.5 Å². The van der Waals surface area contributed by atoms with E-state index < -0.39 is 0 Å². The molecule has 0 unspecified atom stereocenters. The number of allylic oxidation sites excluding steroid dienone is 1. The summed E-state index contributed by atoms with van der Waals surface area (Å²) in [6, 6.07) is 0. The minimum Gasteiger partial charge on any atom is -0.462 e. The van der Waals surface area contributed by atoms with Gasteiger partial charge in [-0.3, -0.25) is 0 Å². The second-order valence-corrected chi connectivity index (χ2v) is 6.54. The number of thioether (sulfide) groups is 2. The van der Waals surface area contributed by atoms with Crippen LogP contribution in [0.5, 0.6) is 0 Å². The maximum Gasteiger partial charge on any atom is 0.345 e. The molecule has 1 rings (SSSR count). The Kier molecular flexibility index (Phi) is 4.59. The number of esters is 1. The van der Waals surface area contributed by atoms with E-state index in [0.29, 0.717) is 6.61 Å². The highest BCUT2D eigenvalue weighted by Crippen LogP contribution is 2.44. The Hall–Kier alpha value is -0.0900. The summed E-state index contributed by atoms with van der Waals surface area (Å²) in [4.78, 5) is 13.7. The van der Waals surface area contributed by atoms with Gasteiger partial charge >= 0.3 is 5.97 Å². The van der Waals surface area contributed by atoms with E-state index in [1.165, 1.54) is 4.91 Å². The quantitative estimate of drug-likeness (QED) is 0.698. The molecule has 0 aromatic rings. The van der Waals surface area contributed by atoms with Crippen LogP contribution in [-0.2, 0) is 9.53 Å². The number of carbonyl (C=O) groups is 1. The molecular formula is C11H18O2S2. The summed E-state index contributed by atoms with van der Waals surface area (Å²) >= 11 is 3.42.